The van der Waals surface area contributed by atoms with Gasteiger partial charge in [0.25, 0.3) is 0 Å². The van der Waals surface area contributed by atoms with Gasteiger partial charge in [-0.05, 0) is 29.3 Å². The van der Waals surface area contributed by atoms with Crippen LogP contribution >= 0.6 is 15.9 Å². The topological polar surface area (TPSA) is 0 Å². The summed E-state index contributed by atoms with van der Waals surface area (Å²) in [7, 11) is 0. The van der Waals surface area contributed by atoms with Gasteiger partial charge in [-0.25, -0.2) is 8.78 Å². The van der Waals surface area contributed by atoms with Gasteiger partial charge in [-0.3, -0.25) is 0 Å². The van der Waals surface area contributed by atoms with Crippen LogP contribution in [0.3, 0.4) is 0 Å². The molecule has 2 aromatic rings. The van der Waals surface area contributed by atoms with Crippen molar-refractivity contribution < 1.29 is 8.78 Å². The molecule has 0 bridgehead atoms. The lowest BCUT2D eigenvalue weighted by Gasteiger charge is -2.04. The second kappa shape index (κ2) is 4.11. The van der Waals surface area contributed by atoms with Crippen molar-refractivity contribution in [2.75, 3.05) is 0 Å². The summed E-state index contributed by atoms with van der Waals surface area (Å²) >= 11 is 3.34. The van der Waals surface area contributed by atoms with Crippen LogP contribution in [0.15, 0.2) is 46.9 Å². The Morgan fingerprint density at radius 1 is 0.867 bits per heavy atom. The average Bonchev–Trinajstić information content (AvgIpc) is 2.16. The molecule has 2 aromatic carbocycles. The first-order chi connectivity index (χ1) is 7.16. The Hall–Kier alpha value is -1.22. The first-order valence-corrected chi connectivity index (χ1v) is 5.17. The number of halogens is 3. The highest BCUT2D eigenvalue weighted by atomic mass is 79.9. The molecule has 0 atom stereocenters. The minimum Gasteiger partial charge on any atom is -0.207 e. The molecule has 0 radical (unpaired) electrons. The standard InChI is InChI=1S/C12H7BrF2/c13-12-4-2-1-3-11(12)8-5-9(14)7-10(15)6-8/h1-7H. The fraction of sp³-hybridized carbons (Fsp3) is 0. The third-order valence-electron chi connectivity index (χ3n) is 2.05. The summed E-state index contributed by atoms with van der Waals surface area (Å²) in [5.41, 5.74) is 1.30. The summed E-state index contributed by atoms with van der Waals surface area (Å²) in [6.45, 7) is 0. The third kappa shape index (κ3) is 2.23. The molecular formula is C12H7BrF2. The van der Waals surface area contributed by atoms with E-state index in [1.54, 1.807) is 6.07 Å². The quantitative estimate of drug-likeness (QED) is 0.720. The third-order valence-corrected chi connectivity index (χ3v) is 2.74. The zero-order valence-electron chi connectivity index (χ0n) is 7.68. The van der Waals surface area contributed by atoms with E-state index in [0.29, 0.717) is 5.56 Å². The van der Waals surface area contributed by atoms with Crippen molar-refractivity contribution in [2.45, 2.75) is 0 Å². The van der Waals surface area contributed by atoms with E-state index < -0.39 is 11.6 Å². The van der Waals surface area contributed by atoms with Crippen LogP contribution in [0.4, 0.5) is 8.78 Å². The lowest BCUT2D eigenvalue weighted by Crippen LogP contribution is -1.84. The summed E-state index contributed by atoms with van der Waals surface area (Å²) in [5.74, 6) is -1.14. The van der Waals surface area contributed by atoms with Crippen molar-refractivity contribution in [1.82, 2.24) is 0 Å². The van der Waals surface area contributed by atoms with Gasteiger partial charge < -0.3 is 0 Å². The van der Waals surface area contributed by atoms with Gasteiger partial charge in [0.1, 0.15) is 11.6 Å². The summed E-state index contributed by atoms with van der Waals surface area (Å²) in [6, 6.07) is 10.8. The zero-order chi connectivity index (χ0) is 10.8. The molecule has 0 N–H and O–H groups in total. The van der Waals surface area contributed by atoms with Crippen LogP contribution in [0.1, 0.15) is 0 Å². The molecule has 3 heteroatoms. The molecule has 0 saturated carbocycles. The molecule has 2 rings (SSSR count). The minimum absolute atomic E-state index is 0.528. The maximum atomic E-state index is 13.0. The largest absolute Gasteiger partial charge is 0.207 e. The van der Waals surface area contributed by atoms with Crippen LogP contribution in [-0.4, -0.2) is 0 Å². The molecule has 0 unspecified atom stereocenters. The van der Waals surface area contributed by atoms with Gasteiger partial charge in [0.2, 0.25) is 0 Å². The second-order valence-corrected chi connectivity index (χ2v) is 3.99. The molecular weight excluding hydrogens is 262 g/mol. The molecule has 15 heavy (non-hydrogen) atoms. The highest BCUT2D eigenvalue weighted by Gasteiger charge is 2.05. The molecule has 0 aliphatic rings. The molecule has 0 spiro atoms. The van der Waals surface area contributed by atoms with Gasteiger partial charge in [-0.1, -0.05) is 34.1 Å². The van der Waals surface area contributed by atoms with Crippen molar-refractivity contribution in [2.24, 2.45) is 0 Å². The fourth-order valence-electron chi connectivity index (χ4n) is 1.40. The Morgan fingerprint density at radius 3 is 2.07 bits per heavy atom. The molecule has 0 aliphatic heterocycles. The van der Waals surface area contributed by atoms with Gasteiger partial charge >= 0.3 is 0 Å². The van der Waals surface area contributed by atoms with Crippen LogP contribution in [-0.2, 0) is 0 Å². The molecule has 0 heterocycles. The van der Waals surface area contributed by atoms with Crippen molar-refractivity contribution >= 4 is 15.9 Å². The predicted molar refractivity (Wildman–Crippen MR) is 59.5 cm³/mol. The van der Waals surface area contributed by atoms with Crippen molar-refractivity contribution in [3.05, 3.63) is 58.6 Å². The van der Waals surface area contributed by atoms with E-state index in [9.17, 15) is 8.78 Å². The Labute approximate surface area is 94.7 Å². The Bertz CT molecular complexity index is 474. The van der Waals surface area contributed by atoms with E-state index in [1.165, 1.54) is 12.1 Å². The van der Waals surface area contributed by atoms with Crippen molar-refractivity contribution in [3.8, 4) is 11.1 Å². The first-order valence-electron chi connectivity index (χ1n) is 4.38. The van der Waals surface area contributed by atoms with Crippen LogP contribution in [0, 0.1) is 11.6 Å². The van der Waals surface area contributed by atoms with Crippen LogP contribution in [0.25, 0.3) is 11.1 Å². The predicted octanol–water partition coefficient (Wildman–Crippen LogP) is 4.39. The Morgan fingerprint density at radius 2 is 1.47 bits per heavy atom. The molecule has 0 aromatic heterocycles. The van der Waals surface area contributed by atoms with Gasteiger partial charge in [-0.2, -0.15) is 0 Å². The van der Waals surface area contributed by atoms with Gasteiger partial charge in [0.05, 0.1) is 0 Å². The number of hydrogen-bond donors (Lipinski definition) is 0. The van der Waals surface area contributed by atoms with Crippen LogP contribution in [0.2, 0.25) is 0 Å². The van der Waals surface area contributed by atoms with Crippen molar-refractivity contribution in [1.29, 1.82) is 0 Å². The molecule has 76 valence electrons. The monoisotopic (exact) mass is 268 g/mol. The molecule has 0 fully saturated rings. The normalized spacial score (nSPS) is 10.3. The van der Waals surface area contributed by atoms with E-state index in [2.05, 4.69) is 15.9 Å². The summed E-state index contributed by atoms with van der Waals surface area (Å²) in [5, 5.41) is 0. The highest BCUT2D eigenvalue weighted by Crippen LogP contribution is 2.28. The molecule has 0 aliphatic carbocycles. The van der Waals surface area contributed by atoms with E-state index >= 15 is 0 Å². The SMILES string of the molecule is Fc1cc(F)cc(-c2ccccc2Br)c1. The second-order valence-electron chi connectivity index (χ2n) is 3.14. The number of hydrogen-bond acceptors (Lipinski definition) is 0. The summed E-state index contributed by atoms with van der Waals surface area (Å²) in [4.78, 5) is 0. The van der Waals surface area contributed by atoms with Crippen LogP contribution < -0.4 is 0 Å². The van der Waals surface area contributed by atoms with Crippen molar-refractivity contribution in [3.63, 3.8) is 0 Å². The molecule has 0 saturated heterocycles. The maximum Gasteiger partial charge on any atom is 0.126 e. The minimum atomic E-state index is -0.569. The number of benzene rings is 2. The van der Waals surface area contributed by atoms with Gasteiger partial charge in [0, 0.05) is 10.5 Å². The van der Waals surface area contributed by atoms with E-state index in [4.69, 9.17) is 0 Å². The van der Waals surface area contributed by atoms with Gasteiger partial charge in [-0.15, -0.1) is 0 Å². The fourth-order valence-corrected chi connectivity index (χ4v) is 1.92. The maximum absolute atomic E-state index is 13.0. The summed E-state index contributed by atoms with van der Waals surface area (Å²) < 4.78 is 26.8. The molecule has 0 amide bonds. The zero-order valence-corrected chi connectivity index (χ0v) is 9.26. The Kier molecular flexibility index (Phi) is 2.82. The summed E-state index contributed by atoms with van der Waals surface area (Å²) in [6.07, 6.45) is 0. The highest BCUT2D eigenvalue weighted by molar-refractivity contribution is 9.10. The Balaban J connectivity index is 2.59. The average molecular weight is 269 g/mol. The van der Waals surface area contributed by atoms with E-state index in [0.717, 1.165) is 16.1 Å². The lowest BCUT2D eigenvalue weighted by atomic mass is 10.1. The van der Waals surface area contributed by atoms with E-state index in [-0.39, 0.29) is 0 Å². The number of rotatable bonds is 1. The van der Waals surface area contributed by atoms with Gasteiger partial charge in [0.15, 0.2) is 0 Å². The lowest BCUT2D eigenvalue weighted by molar-refractivity contribution is 0.584. The first kappa shape index (κ1) is 10.3. The van der Waals surface area contributed by atoms with Crippen LogP contribution in [0.5, 0.6) is 0 Å². The van der Waals surface area contributed by atoms with E-state index in [1.807, 2.05) is 18.2 Å². The smallest absolute Gasteiger partial charge is 0.126 e. The molecule has 0 nitrogen and oxygen atoms in total.